The van der Waals surface area contributed by atoms with Gasteiger partial charge in [-0.1, -0.05) is 59.3 Å². The van der Waals surface area contributed by atoms with Gasteiger partial charge in [-0.15, -0.1) is 0 Å². The topological polar surface area (TPSA) is 103 Å². The molecule has 7 heteroatoms. The number of hydrogen-bond donors (Lipinski definition) is 3. The van der Waals surface area contributed by atoms with Crippen molar-refractivity contribution in [2.24, 2.45) is 46.7 Å². The molecule has 0 aromatic heterocycles. The molecule has 1 aliphatic carbocycles. The average Bonchev–Trinajstić information content (AvgIpc) is 3.43. The molecule has 42 heavy (non-hydrogen) atoms. The van der Waals surface area contributed by atoms with Gasteiger partial charge in [0.1, 0.15) is 0 Å². The number of amides is 1. The molecule has 7 nitrogen and oxygen atoms in total. The number of nitrogens with one attached hydrogen (secondary N) is 1. The number of hydrogen-bond acceptors (Lipinski definition) is 6. The summed E-state index contributed by atoms with van der Waals surface area (Å²) in [6.07, 6.45) is 4.22. The zero-order chi connectivity index (χ0) is 31.6. The maximum atomic E-state index is 13.3. The third-order valence-electron chi connectivity index (χ3n) is 9.27. The number of aliphatic hydroxyl groups is 1. The van der Waals surface area contributed by atoms with Crippen LogP contribution in [0.5, 0.6) is 11.5 Å². The van der Waals surface area contributed by atoms with E-state index in [1.807, 2.05) is 26.0 Å². The molecule has 0 heterocycles. The van der Waals surface area contributed by atoms with Gasteiger partial charge in [-0.05, 0) is 85.8 Å². The molecule has 1 fully saturated rings. The number of benzene rings is 1. The first-order chi connectivity index (χ1) is 19.7. The first-order valence-corrected chi connectivity index (χ1v) is 15.9. The summed E-state index contributed by atoms with van der Waals surface area (Å²) >= 11 is 0. The van der Waals surface area contributed by atoms with Gasteiger partial charge in [0.05, 0.1) is 19.8 Å². The molecule has 2 rings (SSSR count). The van der Waals surface area contributed by atoms with Crippen LogP contribution in [0.15, 0.2) is 29.8 Å². The summed E-state index contributed by atoms with van der Waals surface area (Å²) in [4.78, 5) is 13.3. The minimum Gasteiger partial charge on any atom is -0.493 e. The van der Waals surface area contributed by atoms with Crippen LogP contribution >= 0.6 is 0 Å². The van der Waals surface area contributed by atoms with Crippen molar-refractivity contribution in [2.75, 3.05) is 34.0 Å². The Morgan fingerprint density at radius 3 is 2.33 bits per heavy atom. The van der Waals surface area contributed by atoms with Crippen molar-refractivity contribution in [3.8, 4) is 11.5 Å². The summed E-state index contributed by atoms with van der Waals surface area (Å²) < 4.78 is 16.6. The standard InChI is InChI=1S/C35H60N2O5/c1-22(2)16-28-29(35(28,7)8)21-37-34(39)27(24(5)6)20-31(38)30(36)19-26(23(3)4)17-25-12-13-32(41-10)33(18-25)42-15-11-14-40-9/h12-13,16,18,23-24,26-31,38H,11,14-15,17,19-21,36H2,1-10H3,(H,37,39)/t26-,27-,28-,29+,30-,31-/m0/s1. The summed E-state index contributed by atoms with van der Waals surface area (Å²) in [5.41, 5.74) is 9.28. The van der Waals surface area contributed by atoms with Crippen LogP contribution in [-0.4, -0.2) is 57.1 Å². The van der Waals surface area contributed by atoms with Crippen LogP contribution in [0.1, 0.15) is 80.2 Å². The second-order valence-corrected chi connectivity index (χ2v) is 13.9. The fraction of sp³-hybridized carbons (Fsp3) is 0.743. The summed E-state index contributed by atoms with van der Waals surface area (Å²) in [6.45, 7) is 19.1. The molecule has 6 atom stereocenters. The van der Waals surface area contributed by atoms with Crippen molar-refractivity contribution in [1.29, 1.82) is 0 Å². The van der Waals surface area contributed by atoms with Gasteiger partial charge in [0.15, 0.2) is 11.5 Å². The Morgan fingerprint density at radius 1 is 1.07 bits per heavy atom. The van der Waals surface area contributed by atoms with Crippen LogP contribution in [0, 0.1) is 40.9 Å². The highest BCUT2D eigenvalue weighted by atomic mass is 16.5. The lowest BCUT2D eigenvalue weighted by molar-refractivity contribution is -0.127. The maximum Gasteiger partial charge on any atom is 0.223 e. The van der Waals surface area contributed by atoms with E-state index in [1.165, 1.54) is 5.57 Å². The van der Waals surface area contributed by atoms with Gasteiger partial charge in [0, 0.05) is 38.6 Å². The van der Waals surface area contributed by atoms with Gasteiger partial charge < -0.3 is 30.4 Å². The first-order valence-electron chi connectivity index (χ1n) is 15.9. The molecule has 0 radical (unpaired) electrons. The molecule has 1 aromatic carbocycles. The quantitative estimate of drug-likeness (QED) is 0.135. The predicted octanol–water partition coefficient (Wildman–Crippen LogP) is 6.02. The Labute approximate surface area is 256 Å². The van der Waals surface area contributed by atoms with E-state index in [4.69, 9.17) is 19.9 Å². The Hall–Kier alpha value is -2.09. The monoisotopic (exact) mass is 588 g/mol. The molecule has 1 saturated carbocycles. The number of aliphatic hydroxyl groups excluding tert-OH is 1. The molecule has 0 saturated heterocycles. The molecule has 0 bridgehead atoms. The van der Waals surface area contributed by atoms with E-state index in [2.05, 4.69) is 59.0 Å². The number of carbonyl (C=O) groups is 1. The largest absolute Gasteiger partial charge is 0.493 e. The van der Waals surface area contributed by atoms with Gasteiger partial charge in [-0.2, -0.15) is 0 Å². The van der Waals surface area contributed by atoms with Crippen molar-refractivity contribution in [2.45, 2.75) is 93.2 Å². The number of rotatable bonds is 19. The molecule has 4 N–H and O–H groups in total. The van der Waals surface area contributed by atoms with E-state index in [-0.39, 0.29) is 29.1 Å². The second-order valence-electron chi connectivity index (χ2n) is 13.9. The van der Waals surface area contributed by atoms with E-state index in [1.54, 1.807) is 14.2 Å². The summed E-state index contributed by atoms with van der Waals surface area (Å²) in [5, 5.41) is 14.4. The fourth-order valence-electron chi connectivity index (χ4n) is 6.07. The van der Waals surface area contributed by atoms with E-state index < -0.39 is 12.1 Å². The Kier molecular flexibility index (Phi) is 14.3. The number of carbonyl (C=O) groups excluding carboxylic acids is 1. The van der Waals surface area contributed by atoms with Crippen molar-refractivity contribution in [3.05, 3.63) is 35.4 Å². The van der Waals surface area contributed by atoms with Crippen LogP contribution in [-0.2, 0) is 16.0 Å². The van der Waals surface area contributed by atoms with Crippen LogP contribution in [0.3, 0.4) is 0 Å². The predicted molar refractivity (Wildman–Crippen MR) is 172 cm³/mol. The Bertz CT molecular complexity index is 1000. The third kappa shape index (κ3) is 10.6. The lowest BCUT2D eigenvalue weighted by Crippen LogP contribution is -2.43. The number of nitrogens with two attached hydrogens (primary N) is 1. The zero-order valence-electron chi connectivity index (χ0n) is 28.0. The minimum absolute atomic E-state index is 0.0200. The van der Waals surface area contributed by atoms with Crippen LogP contribution in [0.25, 0.3) is 0 Å². The minimum atomic E-state index is -0.754. The number of allylic oxidation sites excluding steroid dienone is 2. The molecule has 1 amide bonds. The normalized spacial score (nSPS) is 20.5. The van der Waals surface area contributed by atoms with Crippen molar-refractivity contribution in [3.63, 3.8) is 0 Å². The van der Waals surface area contributed by atoms with Crippen molar-refractivity contribution in [1.82, 2.24) is 5.32 Å². The average molecular weight is 589 g/mol. The molecule has 1 aliphatic rings. The smallest absolute Gasteiger partial charge is 0.223 e. The van der Waals surface area contributed by atoms with Crippen LogP contribution in [0.2, 0.25) is 0 Å². The summed E-state index contributed by atoms with van der Waals surface area (Å²) in [6, 6.07) is 5.65. The van der Waals surface area contributed by atoms with E-state index in [0.717, 1.165) is 24.2 Å². The molecular weight excluding hydrogens is 528 g/mol. The van der Waals surface area contributed by atoms with E-state index in [9.17, 15) is 9.90 Å². The van der Waals surface area contributed by atoms with Gasteiger partial charge in [0.25, 0.3) is 0 Å². The zero-order valence-corrected chi connectivity index (χ0v) is 28.0. The highest BCUT2D eigenvalue weighted by molar-refractivity contribution is 5.79. The molecule has 240 valence electrons. The van der Waals surface area contributed by atoms with Gasteiger partial charge >= 0.3 is 0 Å². The molecule has 0 aliphatic heterocycles. The van der Waals surface area contributed by atoms with E-state index in [0.29, 0.717) is 56.1 Å². The number of ether oxygens (including phenoxy) is 3. The SMILES string of the molecule is COCCCOc1cc(C[C@@H](C[C@H](N)[C@@H](O)C[C@H](C(=O)NC[C@@H]2[C@H](C=C(C)C)C2(C)C)C(C)C)C(C)C)ccc1OC. The highest BCUT2D eigenvalue weighted by Crippen LogP contribution is 2.59. The van der Waals surface area contributed by atoms with Crippen molar-refractivity contribution >= 4 is 5.91 Å². The molecule has 1 aromatic rings. The first kappa shape index (κ1) is 36.1. The maximum absolute atomic E-state index is 13.3. The lowest BCUT2D eigenvalue weighted by atomic mass is 9.81. The molecule has 0 spiro atoms. The summed E-state index contributed by atoms with van der Waals surface area (Å²) in [5.74, 6) is 2.85. The van der Waals surface area contributed by atoms with Gasteiger partial charge in [-0.25, -0.2) is 0 Å². The Balaban J connectivity index is 1.99. The molecular formula is C35H60N2O5. The number of methoxy groups -OCH3 is 2. The fourth-order valence-corrected chi connectivity index (χ4v) is 6.07. The van der Waals surface area contributed by atoms with Crippen LogP contribution < -0.4 is 20.5 Å². The second kappa shape index (κ2) is 16.7. The van der Waals surface area contributed by atoms with Gasteiger partial charge in [-0.3, -0.25) is 4.79 Å². The van der Waals surface area contributed by atoms with Crippen molar-refractivity contribution < 1.29 is 24.1 Å². The third-order valence-corrected chi connectivity index (χ3v) is 9.27. The van der Waals surface area contributed by atoms with Gasteiger partial charge in [0.2, 0.25) is 5.91 Å². The highest BCUT2D eigenvalue weighted by Gasteiger charge is 2.55. The lowest BCUT2D eigenvalue weighted by Gasteiger charge is -2.30. The Morgan fingerprint density at radius 2 is 1.76 bits per heavy atom. The summed E-state index contributed by atoms with van der Waals surface area (Å²) in [7, 11) is 3.33. The van der Waals surface area contributed by atoms with Crippen LogP contribution in [0.4, 0.5) is 0 Å². The van der Waals surface area contributed by atoms with E-state index >= 15 is 0 Å². The molecule has 0 unspecified atom stereocenters.